The Morgan fingerprint density at radius 2 is 2.10 bits per heavy atom. The molecule has 0 aliphatic heterocycles. The van der Waals surface area contributed by atoms with E-state index in [2.05, 4.69) is 10.3 Å². The molecule has 0 fully saturated rings. The Kier molecular flexibility index (Phi) is 3.72. The third kappa shape index (κ3) is 2.93. The maximum Gasteiger partial charge on any atom is 0.252 e. The lowest BCUT2D eigenvalue weighted by Crippen LogP contribution is -2.46. The van der Waals surface area contributed by atoms with Crippen molar-refractivity contribution in [3.05, 3.63) is 41.3 Å². The van der Waals surface area contributed by atoms with E-state index in [9.17, 15) is 14.3 Å². The molecule has 4 nitrogen and oxygen atoms in total. The van der Waals surface area contributed by atoms with Crippen LogP contribution >= 0.6 is 0 Å². The highest BCUT2D eigenvalue weighted by molar-refractivity contribution is 6.06. The van der Waals surface area contributed by atoms with Gasteiger partial charge in [0, 0.05) is 17.1 Å². The first-order valence-corrected chi connectivity index (χ1v) is 6.33. The molecule has 5 heteroatoms. The SMILES string of the molecule is Cc1cc(C(=O)NC(C)(C)CO)c2ccc(F)cc2n1. The number of benzene rings is 1. The van der Waals surface area contributed by atoms with Crippen LogP contribution in [-0.2, 0) is 0 Å². The van der Waals surface area contributed by atoms with E-state index in [-0.39, 0.29) is 12.5 Å². The Balaban J connectivity index is 2.51. The Bertz CT molecular complexity index is 663. The molecule has 1 aromatic heterocycles. The summed E-state index contributed by atoms with van der Waals surface area (Å²) in [6.07, 6.45) is 0. The quantitative estimate of drug-likeness (QED) is 0.903. The van der Waals surface area contributed by atoms with Crippen LogP contribution in [0.1, 0.15) is 29.9 Å². The molecule has 2 rings (SSSR count). The molecule has 0 saturated heterocycles. The van der Waals surface area contributed by atoms with Crippen molar-refractivity contribution in [3.63, 3.8) is 0 Å². The fourth-order valence-electron chi connectivity index (χ4n) is 1.94. The summed E-state index contributed by atoms with van der Waals surface area (Å²) in [5, 5.41) is 12.5. The van der Waals surface area contributed by atoms with Gasteiger partial charge in [-0.2, -0.15) is 0 Å². The van der Waals surface area contributed by atoms with Gasteiger partial charge in [0.25, 0.3) is 5.91 Å². The summed E-state index contributed by atoms with van der Waals surface area (Å²) >= 11 is 0. The van der Waals surface area contributed by atoms with Crippen LogP contribution < -0.4 is 5.32 Å². The Morgan fingerprint density at radius 1 is 1.40 bits per heavy atom. The third-order valence-electron chi connectivity index (χ3n) is 2.99. The van der Waals surface area contributed by atoms with Gasteiger partial charge in [-0.3, -0.25) is 9.78 Å². The maximum atomic E-state index is 13.3. The lowest BCUT2D eigenvalue weighted by Gasteiger charge is -2.23. The van der Waals surface area contributed by atoms with E-state index in [1.54, 1.807) is 26.8 Å². The van der Waals surface area contributed by atoms with Crippen molar-refractivity contribution in [1.29, 1.82) is 0 Å². The molecule has 1 aromatic carbocycles. The molecule has 0 spiro atoms. The summed E-state index contributed by atoms with van der Waals surface area (Å²) in [5.74, 6) is -0.705. The molecule has 0 unspecified atom stereocenters. The molecule has 0 radical (unpaired) electrons. The first-order valence-electron chi connectivity index (χ1n) is 6.33. The summed E-state index contributed by atoms with van der Waals surface area (Å²) in [6.45, 7) is 5.02. The fourth-order valence-corrected chi connectivity index (χ4v) is 1.94. The molecule has 1 amide bonds. The van der Waals surface area contributed by atoms with E-state index in [1.807, 2.05) is 0 Å². The highest BCUT2D eigenvalue weighted by Crippen LogP contribution is 2.20. The van der Waals surface area contributed by atoms with Gasteiger partial charge in [0.2, 0.25) is 0 Å². The molecule has 2 aromatic rings. The smallest absolute Gasteiger partial charge is 0.252 e. The number of carbonyl (C=O) groups is 1. The first kappa shape index (κ1) is 14.4. The van der Waals surface area contributed by atoms with E-state index in [1.165, 1.54) is 18.2 Å². The summed E-state index contributed by atoms with van der Waals surface area (Å²) in [6, 6.07) is 5.80. The van der Waals surface area contributed by atoms with Gasteiger partial charge in [0.05, 0.1) is 23.2 Å². The lowest BCUT2D eigenvalue weighted by molar-refractivity contribution is 0.0871. The highest BCUT2D eigenvalue weighted by atomic mass is 19.1. The van der Waals surface area contributed by atoms with Crippen LogP contribution in [0.5, 0.6) is 0 Å². The predicted molar refractivity (Wildman–Crippen MR) is 75.1 cm³/mol. The topological polar surface area (TPSA) is 62.2 Å². The number of nitrogens with zero attached hydrogens (tertiary/aromatic N) is 1. The van der Waals surface area contributed by atoms with Crippen LogP contribution in [0.4, 0.5) is 4.39 Å². The average Bonchev–Trinajstić information content (AvgIpc) is 2.36. The molecule has 0 atom stereocenters. The van der Waals surface area contributed by atoms with Gasteiger partial charge in [0.15, 0.2) is 0 Å². The molecular formula is C15H17FN2O2. The van der Waals surface area contributed by atoms with Gasteiger partial charge >= 0.3 is 0 Å². The first-order chi connectivity index (χ1) is 9.32. The van der Waals surface area contributed by atoms with Crippen molar-refractivity contribution < 1.29 is 14.3 Å². The van der Waals surface area contributed by atoms with Gasteiger partial charge in [-0.25, -0.2) is 4.39 Å². The van der Waals surface area contributed by atoms with Crippen molar-refractivity contribution in [3.8, 4) is 0 Å². The van der Waals surface area contributed by atoms with E-state index in [4.69, 9.17) is 0 Å². The van der Waals surface area contributed by atoms with Crippen molar-refractivity contribution in [2.45, 2.75) is 26.3 Å². The molecule has 0 saturated carbocycles. The maximum absolute atomic E-state index is 13.3. The van der Waals surface area contributed by atoms with E-state index < -0.39 is 11.4 Å². The molecular weight excluding hydrogens is 259 g/mol. The summed E-state index contributed by atoms with van der Waals surface area (Å²) in [7, 11) is 0. The second-order valence-corrected chi connectivity index (χ2v) is 5.47. The number of hydrogen-bond acceptors (Lipinski definition) is 3. The zero-order valence-electron chi connectivity index (χ0n) is 11.7. The fraction of sp³-hybridized carbons (Fsp3) is 0.333. The number of carbonyl (C=O) groups excluding carboxylic acids is 1. The molecule has 0 bridgehead atoms. The van der Waals surface area contributed by atoms with Crippen LogP contribution in [0.15, 0.2) is 24.3 Å². The van der Waals surface area contributed by atoms with Crippen molar-refractivity contribution >= 4 is 16.8 Å². The minimum Gasteiger partial charge on any atom is -0.394 e. The number of aromatic nitrogens is 1. The molecule has 106 valence electrons. The summed E-state index contributed by atoms with van der Waals surface area (Å²) in [4.78, 5) is 16.6. The minimum atomic E-state index is -0.722. The van der Waals surface area contributed by atoms with Crippen LogP contribution in [0, 0.1) is 12.7 Å². The number of pyridine rings is 1. The number of nitrogens with one attached hydrogen (secondary N) is 1. The number of aliphatic hydroxyl groups excluding tert-OH is 1. The van der Waals surface area contributed by atoms with Crippen LogP contribution in [0.2, 0.25) is 0 Å². The zero-order chi connectivity index (χ0) is 14.9. The van der Waals surface area contributed by atoms with E-state index in [0.29, 0.717) is 22.2 Å². The second kappa shape index (κ2) is 5.17. The molecule has 0 aliphatic carbocycles. The number of amides is 1. The molecule has 1 heterocycles. The number of fused-ring (bicyclic) bond motifs is 1. The van der Waals surface area contributed by atoms with Crippen LogP contribution in [-0.4, -0.2) is 28.1 Å². The lowest BCUT2D eigenvalue weighted by atomic mass is 10.0. The minimum absolute atomic E-state index is 0.171. The number of aliphatic hydroxyl groups is 1. The summed E-state index contributed by atoms with van der Waals surface area (Å²) < 4.78 is 13.3. The monoisotopic (exact) mass is 276 g/mol. The van der Waals surface area contributed by atoms with Gasteiger partial charge < -0.3 is 10.4 Å². The van der Waals surface area contributed by atoms with Gasteiger partial charge in [-0.15, -0.1) is 0 Å². The predicted octanol–water partition coefficient (Wildman–Crippen LogP) is 2.18. The molecule has 0 aliphatic rings. The van der Waals surface area contributed by atoms with E-state index in [0.717, 1.165) is 0 Å². The largest absolute Gasteiger partial charge is 0.394 e. The molecule has 2 N–H and O–H groups in total. The number of hydrogen-bond donors (Lipinski definition) is 2. The zero-order valence-corrected chi connectivity index (χ0v) is 11.7. The van der Waals surface area contributed by atoms with Gasteiger partial charge in [-0.1, -0.05) is 0 Å². The third-order valence-corrected chi connectivity index (χ3v) is 2.99. The second-order valence-electron chi connectivity index (χ2n) is 5.47. The van der Waals surface area contributed by atoms with Crippen LogP contribution in [0.3, 0.4) is 0 Å². The number of aryl methyl sites for hydroxylation is 1. The molecule has 20 heavy (non-hydrogen) atoms. The van der Waals surface area contributed by atoms with E-state index >= 15 is 0 Å². The van der Waals surface area contributed by atoms with Crippen molar-refractivity contribution in [2.75, 3.05) is 6.61 Å². The Hall–Kier alpha value is -2.01. The average molecular weight is 276 g/mol. The highest BCUT2D eigenvalue weighted by Gasteiger charge is 2.21. The van der Waals surface area contributed by atoms with Crippen LogP contribution in [0.25, 0.3) is 10.9 Å². The Morgan fingerprint density at radius 3 is 2.75 bits per heavy atom. The van der Waals surface area contributed by atoms with Crippen molar-refractivity contribution in [1.82, 2.24) is 10.3 Å². The standard InChI is InChI=1S/C15H17FN2O2/c1-9-6-12(14(20)18-15(2,3)8-19)11-5-4-10(16)7-13(11)17-9/h4-7,19H,8H2,1-3H3,(H,18,20). The number of rotatable bonds is 3. The Labute approximate surface area is 116 Å². The summed E-state index contributed by atoms with van der Waals surface area (Å²) in [5.41, 5.74) is 0.779. The normalized spacial score (nSPS) is 11.7. The van der Waals surface area contributed by atoms with Gasteiger partial charge in [-0.05, 0) is 39.0 Å². The number of halogens is 1. The van der Waals surface area contributed by atoms with Crippen molar-refractivity contribution in [2.24, 2.45) is 0 Å². The van der Waals surface area contributed by atoms with Gasteiger partial charge in [0.1, 0.15) is 5.82 Å².